The number of nitrogens with one attached hydrogen (secondary N) is 1. The van der Waals surface area contributed by atoms with Gasteiger partial charge in [-0.05, 0) is 26.0 Å². The van der Waals surface area contributed by atoms with Crippen LogP contribution in [0.2, 0.25) is 0 Å². The van der Waals surface area contributed by atoms with E-state index in [1.54, 1.807) is 0 Å². The van der Waals surface area contributed by atoms with Gasteiger partial charge < -0.3 is 14.8 Å². The summed E-state index contributed by atoms with van der Waals surface area (Å²) in [5.41, 5.74) is 0.838. The Morgan fingerprint density at radius 1 is 1.12 bits per heavy atom. The third-order valence-electron chi connectivity index (χ3n) is 1.97. The number of anilines is 1. The topological polar surface area (TPSA) is 30.5 Å². The standard InChI is InChI=1S/C12H18FNO2/c1-3-15-11-6-5-10(14-8-7-13)9-12(11)16-4-2/h5-6,9,14H,3-4,7-8H2,1-2H3. The van der Waals surface area contributed by atoms with Crippen LogP contribution >= 0.6 is 0 Å². The number of ether oxygens (including phenoxy) is 2. The molecule has 4 heteroatoms. The second-order valence-electron chi connectivity index (χ2n) is 3.14. The molecule has 0 atom stereocenters. The molecule has 0 spiro atoms. The number of rotatable bonds is 7. The quantitative estimate of drug-likeness (QED) is 0.777. The molecular weight excluding hydrogens is 209 g/mol. The van der Waals surface area contributed by atoms with Gasteiger partial charge in [0.2, 0.25) is 0 Å². The Morgan fingerprint density at radius 2 is 1.81 bits per heavy atom. The summed E-state index contributed by atoms with van der Waals surface area (Å²) in [5, 5.41) is 2.95. The predicted octanol–water partition coefficient (Wildman–Crippen LogP) is 2.87. The van der Waals surface area contributed by atoms with Gasteiger partial charge in [0.25, 0.3) is 0 Å². The third-order valence-corrected chi connectivity index (χ3v) is 1.97. The number of hydrogen-bond acceptors (Lipinski definition) is 3. The van der Waals surface area contributed by atoms with Crippen LogP contribution in [0.25, 0.3) is 0 Å². The first kappa shape index (κ1) is 12.6. The summed E-state index contributed by atoms with van der Waals surface area (Å²) in [6.07, 6.45) is 0. The zero-order valence-electron chi connectivity index (χ0n) is 9.75. The van der Waals surface area contributed by atoms with Gasteiger partial charge in [0.05, 0.1) is 13.2 Å². The Bertz CT molecular complexity index is 318. The van der Waals surface area contributed by atoms with Crippen molar-refractivity contribution in [3.8, 4) is 11.5 Å². The van der Waals surface area contributed by atoms with E-state index in [2.05, 4.69) is 5.32 Å². The largest absolute Gasteiger partial charge is 0.490 e. The lowest BCUT2D eigenvalue weighted by molar-refractivity contribution is 0.288. The van der Waals surface area contributed by atoms with Crippen LogP contribution < -0.4 is 14.8 Å². The van der Waals surface area contributed by atoms with Crippen molar-refractivity contribution in [1.29, 1.82) is 0 Å². The molecule has 16 heavy (non-hydrogen) atoms. The number of hydrogen-bond donors (Lipinski definition) is 1. The maximum atomic E-state index is 12.0. The van der Waals surface area contributed by atoms with E-state index in [4.69, 9.17) is 9.47 Å². The Labute approximate surface area is 95.6 Å². The van der Waals surface area contributed by atoms with Crippen LogP contribution in [0.1, 0.15) is 13.8 Å². The molecule has 0 bridgehead atoms. The Morgan fingerprint density at radius 3 is 2.44 bits per heavy atom. The van der Waals surface area contributed by atoms with Crippen molar-refractivity contribution in [1.82, 2.24) is 0 Å². The lowest BCUT2D eigenvalue weighted by Gasteiger charge is -2.12. The van der Waals surface area contributed by atoms with Crippen molar-refractivity contribution in [3.63, 3.8) is 0 Å². The van der Waals surface area contributed by atoms with Gasteiger partial charge in [-0.15, -0.1) is 0 Å². The Balaban J connectivity index is 2.79. The van der Waals surface area contributed by atoms with E-state index in [9.17, 15) is 4.39 Å². The molecule has 0 saturated carbocycles. The van der Waals surface area contributed by atoms with Gasteiger partial charge in [-0.25, -0.2) is 4.39 Å². The van der Waals surface area contributed by atoms with Gasteiger partial charge in [-0.3, -0.25) is 0 Å². The van der Waals surface area contributed by atoms with E-state index in [1.807, 2.05) is 32.0 Å². The van der Waals surface area contributed by atoms with E-state index in [1.165, 1.54) is 0 Å². The maximum absolute atomic E-state index is 12.0. The zero-order valence-corrected chi connectivity index (χ0v) is 9.75. The molecule has 1 N–H and O–H groups in total. The molecule has 0 unspecified atom stereocenters. The normalized spacial score (nSPS) is 9.94. The number of alkyl halides is 1. The molecule has 0 aliphatic carbocycles. The fraction of sp³-hybridized carbons (Fsp3) is 0.500. The molecule has 1 aromatic rings. The molecule has 0 aliphatic rings. The molecule has 1 aromatic carbocycles. The molecule has 0 heterocycles. The first-order valence-electron chi connectivity index (χ1n) is 5.51. The summed E-state index contributed by atoms with van der Waals surface area (Å²) in [7, 11) is 0. The van der Waals surface area contributed by atoms with Crippen LogP contribution in [-0.2, 0) is 0 Å². The summed E-state index contributed by atoms with van der Waals surface area (Å²) in [6.45, 7) is 4.92. The van der Waals surface area contributed by atoms with Crippen molar-refractivity contribution >= 4 is 5.69 Å². The van der Waals surface area contributed by atoms with Crippen LogP contribution in [-0.4, -0.2) is 26.4 Å². The maximum Gasteiger partial charge on any atom is 0.163 e. The first-order valence-corrected chi connectivity index (χ1v) is 5.51. The molecular formula is C12H18FNO2. The summed E-state index contributed by atoms with van der Waals surface area (Å²) in [5.74, 6) is 1.41. The molecule has 0 aromatic heterocycles. The summed E-state index contributed by atoms with van der Waals surface area (Å²) < 4.78 is 22.9. The summed E-state index contributed by atoms with van der Waals surface area (Å²) in [6, 6.07) is 5.50. The third kappa shape index (κ3) is 3.61. The molecule has 0 radical (unpaired) electrons. The van der Waals surface area contributed by atoms with Gasteiger partial charge in [0.1, 0.15) is 6.67 Å². The van der Waals surface area contributed by atoms with E-state index < -0.39 is 6.67 Å². The monoisotopic (exact) mass is 227 g/mol. The van der Waals surface area contributed by atoms with E-state index >= 15 is 0 Å². The Hall–Kier alpha value is -1.45. The van der Waals surface area contributed by atoms with E-state index in [0.717, 1.165) is 11.4 Å². The van der Waals surface area contributed by atoms with E-state index in [-0.39, 0.29) is 0 Å². The van der Waals surface area contributed by atoms with Gasteiger partial charge in [0, 0.05) is 18.3 Å². The average molecular weight is 227 g/mol. The van der Waals surface area contributed by atoms with Gasteiger partial charge in [-0.2, -0.15) is 0 Å². The highest BCUT2D eigenvalue weighted by Crippen LogP contribution is 2.30. The van der Waals surface area contributed by atoms with Crippen LogP contribution in [0.15, 0.2) is 18.2 Å². The summed E-state index contributed by atoms with van der Waals surface area (Å²) >= 11 is 0. The van der Waals surface area contributed by atoms with Crippen molar-refractivity contribution in [2.24, 2.45) is 0 Å². The second kappa shape index (κ2) is 6.93. The molecule has 0 fully saturated rings. The molecule has 90 valence electrons. The van der Waals surface area contributed by atoms with Gasteiger partial charge in [-0.1, -0.05) is 0 Å². The molecule has 0 aliphatic heterocycles. The first-order chi connectivity index (χ1) is 7.81. The fourth-order valence-electron chi connectivity index (χ4n) is 1.35. The molecule has 0 amide bonds. The fourth-order valence-corrected chi connectivity index (χ4v) is 1.35. The smallest absolute Gasteiger partial charge is 0.163 e. The minimum Gasteiger partial charge on any atom is -0.490 e. The number of halogens is 1. The highest BCUT2D eigenvalue weighted by Gasteiger charge is 2.05. The van der Waals surface area contributed by atoms with Gasteiger partial charge >= 0.3 is 0 Å². The molecule has 3 nitrogen and oxygen atoms in total. The SMILES string of the molecule is CCOc1ccc(NCCF)cc1OCC. The lowest BCUT2D eigenvalue weighted by atomic mass is 10.2. The van der Waals surface area contributed by atoms with Crippen LogP contribution in [0.3, 0.4) is 0 Å². The highest BCUT2D eigenvalue weighted by atomic mass is 19.1. The lowest BCUT2D eigenvalue weighted by Crippen LogP contribution is -2.04. The number of benzene rings is 1. The molecule has 1 rings (SSSR count). The zero-order chi connectivity index (χ0) is 11.8. The van der Waals surface area contributed by atoms with Crippen molar-refractivity contribution in [2.75, 3.05) is 31.7 Å². The van der Waals surface area contributed by atoms with Crippen molar-refractivity contribution in [2.45, 2.75) is 13.8 Å². The highest BCUT2D eigenvalue weighted by molar-refractivity contribution is 5.54. The van der Waals surface area contributed by atoms with Crippen molar-refractivity contribution < 1.29 is 13.9 Å². The Kier molecular flexibility index (Phi) is 5.46. The van der Waals surface area contributed by atoms with Crippen LogP contribution in [0.4, 0.5) is 10.1 Å². The van der Waals surface area contributed by atoms with Crippen molar-refractivity contribution in [3.05, 3.63) is 18.2 Å². The predicted molar refractivity (Wildman–Crippen MR) is 63.2 cm³/mol. The van der Waals surface area contributed by atoms with Crippen LogP contribution in [0.5, 0.6) is 11.5 Å². The summed E-state index contributed by atoms with van der Waals surface area (Å²) in [4.78, 5) is 0. The van der Waals surface area contributed by atoms with E-state index in [0.29, 0.717) is 25.5 Å². The second-order valence-corrected chi connectivity index (χ2v) is 3.14. The van der Waals surface area contributed by atoms with Crippen LogP contribution in [0, 0.1) is 0 Å². The minimum atomic E-state index is -0.392. The molecule has 0 saturated heterocycles. The average Bonchev–Trinajstić information content (AvgIpc) is 2.30. The van der Waals surface area contributed by atoms with Gasteiger partial charge in [0.15, 0.2) is 11.5 Å². The minimum absolute atomic E-state index is 0.305.